The van der Waals surface area contributed by atoms with Crippen molar-refractivity contribution in [1.29, 1.82) is 0 Å². The molecule has 3 heterocycles. The average molecular weight is 401 g/mol. The average Bonchev–Trinajstić information content (AvgIpc) is 3.06. The lowest BCUT2D eigenvalue weighted by Gasteiger charge is -2.56. The van der Waals surface area contributed by atoms with Gasteiger partial charge < -0.3 is 4.40 Å². The van der Waals surface area contributed by atoms with E-state index >= 15 is 0 Å². The molecule has 4 aliphatic rings. The van der Waals surface area contributed by atoms with Crippen LogP contribution >= 0.6 is 8.19 Å². The number of aromatic nitrogens is 2. The van der Waals surface area contributed by atoms with Gasteiger partial charge >= 0.3 is 0 Å². The van der Waals surface area contributed by atoms with E-state index in [9.17, 15) is 0 Å². The summed E-state index contributed by atoms with van der Waals surface area (Å²) >= 11 is 0. The van der Waals surface area contributed by atoms with Crippen LogP contribution in [0, 0.1) is 17.8 Å². The topological polar surface area (TPSA) is 17.3 Å². The number of nitrogens with zero attached hydrogens (tertiary/aromatic N) is 2. The fourth-order valence-corrected chi connectivity index (χ4v) is 9.17. The molecule has 29 heavy (non-hydrogen) atoms. The summed E-state index contributed by atoms with van der Waals surface area (Å²) in [6.07, 6.45) is 8.62. The van der Waals surface area contributed by atoms with Crippen molar-refractivity contribution in [3.05, 3.63) is 41.3 Å². The summed E-state index contributed by atoms with van der Waals surface area (Å²) in [5.41, 5.74) is 5.93. The van der Waals surface area contributed by atoms with E-state index in [0.29, 0.717) is 5.41 Å². The van der Waals surface area contributed by atoms with Gasteiger partial charge in [0.05, 0.1) is 27.5 Å². The first kappa shape index (κ1) is 17.1. The maximum atomic E-state index is 5.49. The van der Waals surface area contributed by atoms with Crippen LogP contribution in [-0.2, 0) is 10.8 Å². The molecule has 2 nitrogen and oxygen atoms in total. The van der Waals surface area contributed by atoms with Gasteiger partial charge in [-0.3, -0.25) is 0 Å². The van der Waals surface area contributed by atoms with Crippen molar-refractivity contribution in [2.45, 2.75) is 70.1 Å². The molecule has 1 aromatic carbocycles. The van der Waals surface area contributed by atoms with E-state index in [4.69, 9.17) is 4.98 Å². The third-order valence-electron chi connectivity index (χ3n) is 8.30. The first-order valence-electron chi connectivity index (χ1n) is 11.5. The lowest BCUT2D eigenvalue weighted by Crippen LogP contribution is -2.49. The lowest BCUT2D eigenvalue weighted by molar-refractivity contribution is -0.00637. The van der Waals surface area contributed by atoms with Crippen molar-refractivity contribution in [3.8, 4) is 0 Å². The molecule has 0 spiro atoms. The molecule has 3 heteroatoms. The summed E-state index contributed by atoms with van der Waals surface area (Å²) in [6.45, 7) is 7.12. The van der Waals surface area contributed by atoms with Crippen molar-refractivity contribution in [3.63, 3.8) is 0 Å². The number of hydrogen-bond acceptors (Lipinski definition) is 1. The second-order valence-electron chi connectivity index (χ2n) is 11.5. The van der Waals surface area contributed by atoms with Crippen LogP contribution in [0.25, 0.3) is 27.2 Å². The van der Waals surface area contributed by atoms with Gasteiger partial charge in [-0.1, -0.05) is 39.0 Å². The Hall–Kier alpha value is -1.66. The Bertz CT molecular complexity index is 1240. The highest BCUT2D eigenvalue weighted by Gasteiger charge is 2.53. The smallest absolute Gasteiger partial charge is 0.0961 e. The molecule has 0 amide bonds. The van der Waals surface area contributed by atoms with Gasteiger partial charge in [0, 0.05) is 16.1 Å². The quantitative estimate of drug-likeness (QED) is 0.325. The zero-order valence-corrected chi connectivity index (χ0v) is 18.6. The van der Waals surface area contributed by atoms with Crippen LogP contribution < -0.4 is 0 Å². The number of pyridine rings is 1. The van der Waals surface area contributed by atoms with Gasteiger partial charge in [-0.25, -0.2) is 4.98 Å². The molecule has 0 radical (unpaired) electrons. The Kier molecular flexibility index (Phi) is 3.14. The molecule has 4 fully saturated rings. The van der Waals surface area contributed by atoms with Crippen molar-refractivity contribution in [2.75, 3.05) is 0 Å². The Balaban J connectivity index is 1.61. The number of rotatable bonds is 1. The highest BCUT2D eigenvalue weighted by Crippen LogP contribution is 2.62. The number of benzene rings is 1. The predicted molar refractivity (Wildman–Crippen MR) is 122 cm³/mol. The van der Waals surface area contributed by atoms with E-state index < -0.39 is 0 Å². The molecule has 0 saturated heterocycles. The SMILES string of the molecule is CC(C)(C)c1pc2c(C34CC5CC(CC(C5)C3)C4)nc3cccc4ccc1n2c43. The van der Waals surface area contributed by atoms with Gasteiger partial charge in [-0.2, -0.15) is 0 Å². The minimum Gasteiger partial charge on any atom is -0.301 e. The van der Waals surface area contributed by atoms with Crippen LogP contribution in [0.2, 0.25) is 0 Å². The summed E-state index contributed by atoms with van der Waals surface area (Å²) in [5.74, 6) is 2.85. The molecular weight excluding hydrogens is 371 g/mol. The molecule has 0 aliphatic heterocycles. The van der Waals surface area contributed by atoms with E-state index in [1.54, 1.807) is 5.30 Å². The third-order valence-corrected chi connectivity index (χ3v) is 10.0. The summed E-state index contributed by atoms with van der Waals surface area (Å²) in [5, 5.41) is 4.38. The summed E-state index contributed by atoms with van der Waals surface area (Å²) in [6, 6.07) is 11.4. The molecule has 4 aliphatic carbocycles. The molecule has 148 valence electrons. The van der Waals surface area contributed by atoms with Gasteiger partial charge in [0.15, 0.2) is 0 Å². The van der Waals surface area contributed by atoms with E-state index in [2.05, 4.69) is 55.5 Å². The largest absolute Gasteiger partial charge is 0.301 e. The van der Waals surface area contributed by atoms with Gasteiger partial charge in [-0.05, 0) is 82.0 Å². The number of para-hydroxylation sites is 1. The van der Waals surface area contributed by atoms with Gasteiger partial charge in [0.2, 0.25) is 0 Å². The number of hydrogen-bond donors (Lipinski definition) is 0. The van der Waals surface area contributed by atoms with E-state index in [-0.39, 0.29) is 5.41 Å². The van der Waals surface area contributed by atoms with Crippen molar-refractivity contribution >= 4 is 35.4 Å². The molecule has 4 aromatic rings. The maximum Gasteiger partial charge on any atom is 0.0961 e. The fourth-order valence-electron chi connectivity index (χ4n) is 7.64. The minimum absolute atomic E-state index is 0.171. The standard InChI is InChI=1S/C26H29N2P/c1-25(2,3)23-20-8-7-18-5-4-6-19-21(18)28(20)24(29-23)22(27-19)26-12-15-9-16(13-26)11-17(10-15)14-26/h4-8,15-17H,9-14H2,1-3H3. The van der Waals surface area contributed by atoms with Crippen LogP contribution in [-0.4, -0.2) is 9.38 Å². The monoisotopic (exact) mass is 400 g/mol. The molecule has 4 bridgehead atoms. The minimum atomic E-state index is 0.171. The predicted octanol–water partition coefficient (Wildman–Crippen LogP) is 7.42. The van der Waals surface area contributed by atoms with E-state index in [1.165, 1.54) is 79.6 Å². The Morgan fingerprint density at radius 2 is 1.66 bits per heavy atom. The van der Waals surface area contributed by atoms with Crippen molar-refractivity contribution in [2.24, 2.45) is 17.8 Å². The van der Waals surface area contributed by atoms with Gasteiger partial charge in [0.25, 0.3) is 0 Å². The second kappa shape index (κ2) is 5.33. The normalized spacial score (nSPS) is 31.9. The van der Waals surface area contributed by atoms with Gasteiger partial charge in [-0.15, -0.1) is 0 Å². The van der Waals surface area contributed by atoms with Crippen LogP contribution in [0.4, 0.5) is 0 Å². The van der Waals surface area contributed by atoms with E-state index in [0.717, 1.165) is 17.8 Å². The summed E-state index contributed by atoms with van der Waals surface area (Å²) in [4.78, 5) is 5.49. The molecule has 0 N–H and O–H groups in total. The maximum absolute atomic E-state index is 5.49. The fraction of sp³-hybridized carbons (Fsp3) is 0.538. The second-order valence-corrected chi connectivity index (χ2v) is 12.6. The highest BCUT2D eigenvalue weighted by atomic mass is 31.0. The van der Waals surface area contributed by atoms with Crippen LogP contribution in [0.1, 0.15) is 70.3 Å². The van der Waals surface area contributed by atoms with Crippen molar-refractivity contribution < 1.29 is 0 Å². The van der Waals surface area contributed by atoms with Crippen LogP contribution in [0.15, 0.2) is 30.3 Å². The molecule has 0 unspecified atom stereocenters. The molecule has 0 atom stereocenters. The third kappa shape index (κ3) is 2.19. The summed E-state index contributed by atoms with van der Waals surface area (Å²) < 4.78 is 2.62. The Labute approximate surface area is 174 Å². The van der Waals surface area contributed by atoms with E-state index in [1.807, 2.05) is 0 Å². The first-order valence-corrected chi connectivity index (χ1v) is 12.3. The highest BCUT2D eigenvalue weighted by molar-refractivity contribution is 7.37. The first-order chi connectivity index (χ1) is 13.9. The zero-order valence-electron chi connectivity index (χ0n) is 17.7. The van der Waals surface area contributed by atoms with Gasteiger partial charge in [0.1, 0.15) is 0 Å². The van der Waals surface area contributed by atoms with Crippen LogP contribution in [0.3, 0.4) is 0 Å². The van der Waals surface area contributed by atoms with Crippen molar-refractivity contribution in [1.82, 2.24) is 9.38 Å². The lowest BCUT2D eigenvalue weighted by atomic mass is 9.49. The Morgan fingerprint density at radius 3 is 2.31 bits per heavy atom. The molecule has 8 rings (SSSR count). The molecular formula is C26H29N2P. The summed E-state index contributed by atoms with van der Waals surface area (Å²) in [7, 11) is 1.40. The molecule has 3 aromatic heterocycles. The zero-order chi connectivity index (χ0) is 19.5. The Morgan fingerprint density at radius 1 is 0.966 bits per heavy atom. The molecule has 4 saturated carbocycles. The van der Waals surface area contributed by atoms with Crippen LogP contribution in [0.5, 0.6) is 0 Å².